The number of halogens is 1. The van der Waals surface area contributed by atoms with Crippen LogP contribution in [0.5, 0.6) is 5.75 Å². The fourth-order valence-corrected chi connectivity index (χ4v) is 2.49. The van der Waals surface area contributed by atoms with Crippen LogP contribution in [0.2, 0.25) is 0 Å². The van der Waals surface area contributed by atoms with Gasteiger partial charge in [-0.2, -0.15) is 0 Å². The third kappa shape index (κ3) is 3.01. The van der Waals surface area contributed by atoms with E-state index in [0.717, 1.165) is 17.4 Å². The van der Waals surface area contributed by atoms with E-state index in [-0.39, 0.29) is 24.6 Å². The van der Waals surface area contributed by atoms with E-state index in [9.17, 15) is 14.0 Å². The molecule has 0 bridgehead atoms. The van der Waals surface area contributed by atoms with Crippen molar-refractivity contribution in [2.75, 3.05) is 18.6 Å². The second-order valence-electron chi connectivity index (χ2n) is 5.17. The smallest absolute Gasteiger partial charge is 0.253 e. The summed E-state index contributed by atoms with van der Waals surface area (Å²) in [6, 6.07) is 11.1. The Labute approximate surface area is 132 Å². The molecule has 0 aliphatic carbocycles. The Morgan fingerprint density at radius 3 is 2.61 bits per heavy atom. The van der Waals surface area contributed by atoms with Gasteiger partial charge in [-0.05, 0) is 35.9 Å². The van der Waals surface area contributed by atoms with Crippen LogP contribution >= 0.6 is 0 Å². The van der Waals surface area contributed by atoms with Gasteiger partial charge < -0.3 is 15.0 Å². The maximum absolute atomic E-state index is 13.4. The Hall–Kier alpha value is -2.89. The van der Waals surface area contributed by atoms with E-state index < -0.39 is 11.7 Å². The fourth-order valence-electron chi connectivity index (χ4n) is 2.49. The van der Waals surface area contributed by atoms with Crippen LogP contribution in [0.15, 0.2) is 42.5 Å². The van der Waals surface area contributed by atoms with Gasteiger partial charge in [0.25, 0.3) is 5.91 Å². The first-order valence-corrected chi connectivity index (χ1v) is 7.09. The average Bonchev–Trinajstić information content (AvgIpc) is 2.68. The van der Waals surface area contributed by atoms with Crippen molar-refractivity contribution in [2.24, 2.45) is 0 Å². The number of nitrogens with one attached hydrogen (secondary N) is 1. The second-order valence-corrected chi connectivity index (χ2v) is 5.17. The topological polar surface area (TPSA) is 58.6 Å². The molecule has 2 aromatic rings. The number of fused-ring (bicyclic) bond motifs is 1. The lowest BCUT2D eigenvalue weighted by atomic mass is 10.1. The van der Waals surface area contributed by atoms with Crippen LogP contribution in [0, 0.1) is 5.82 Å². The summed E-state index contributed by atoms with van der Waals surface area (Å²) in [6.07, 6.45) is 0. The van der Waals surface area contributed by atoms with Crippen molar-refractivity contribution in [2.45, 2.75) is 6.54 Å². The molecule has 0 fully saturated rings. The van der Waals surface area contributed by atoms with Crippen LogP contribution in [-0.4, -0.2) is 25.5 Å². The largest absolute Gasteiger partial charge is 0.497 e. The minimum absolute atomic E-state index is 0.120. The lowest BCUT2D eigenvalue weighted by Gasteiger charge is -2.22. The zero-order valence-electron chi connectivity index (χ0n) is 12.5. The molecule has 1 heterocycles. The predicted octanol–water partition coefficient (Wildman–Crippen LogP) is 2.11. The molecule has 0 aromatic heterocycles. The minimum Gasteiger partial charge on any atom is -0.497 e. The van der Waals surface area contributed by atoms with Gasteiger partial charge in [0.1, 0.15) is 11.6 Å². The third-order valence-electron chi connectivity index (χ3n) is 3.69. The molecule has 23 heavy (non-hydrogen) atoms. The van der Waals surface area contributed by atoms with Gasteiger partial charge in [-0.15, -0.1) is 0 Å². The zero-order valence-corrected chi connectivity index (χ0v) is 12.5. The van der Waals surface area contributed by atoms with Crippen molar-refractivity contribution in [3.63, 3.8) is 0 Å². The number of methoxy groups -OCH3 is 1. The first-order chi connectivity index (χ1) is 11.1. The summed E-state index contributed by atoms with van der Waals surface area (Å²) in [4.78, 5) is 25.8. The van der Waals surface area contributed by atoms with Crippen molar-refractivity contribution in [3.8, 4) is 5.75 Å². The molecular weight excluding hydrogens is 299 g/mol. The Balaban J connectivity index is 1.97. The summed E-state index contributed by atoms with van der Waals surface area (Å²) in [5.74, 6) is -0.502. The third-order valence-corrected chi connectivity index (χ3v) is 3.69. The molecule has 2 aromatic carbocycles. The number of carbonyl (C=O) groups is 2. The van der Waals surface area contributed by atoms with Crippen LogP contribution in [0.4, 0.5) is 10.1 Å². The van der Waals surface area contributed by atoms with E-state index in [1.165, 1.54) is 17.0 Å². The van der Waals surface area contributed by atoms with Crippen molar-refractivity contribution < 1.29 is 18.7 Å². The highest BCUT2D eigenvalue weighted by Gasteiger charge is 2.26. The number of hydrogen-bond acceptors (Lipinski definition) is 3. The number of anilines is 1. The summed E-state index contributed by atoms with van der Waals surface area (Å²) in [5.41, 5.74) is 1.44. The first-order valence-electron chi connectivity index (χ1n) is 7.09. The standard InChI is InChI=1S/C17H15FN2O3/c1-23-13-5-2-11(3-6-13)10-20-15-7-4-12(18)8-14(15)17(22)19-9-16(20)21/h2-8H,9-10H2,1H3,(H,19,22). The summed E-state index contributed by atoms with van der Waals surface area (Å²) >= 11 is 0. The van der Waals surface area contributed by atoms with E-state index in [2.05, 4.69) is 5.32 Å². The molecule has 0 spiro atoms. The molecule has 0 radical (unpaired) electrons. The molecule has 0 saturated heterocycles. The number of ether oxygens (including phenoxy) is 1. The molecule has 0 unspecified atom stereocenters. The van der Waals surface area contributed by atoms with E-state index in [1.54, 1.807) is 19.2 Å². The van der Waals surface area contributed by atoms with Crippen molar-refractivity contribution in [3.05, 3.63) is 59.4 Å². The lowest BCUT2D eigenvalue weighted by Crippen LogP contribution is -2.36. The Bertz CT molecular complexity index is 759. The second kappa shape index (κ2) is 6.08. The number of amides is 2. The number of nitrogens with zero attached hydrogens (tertiary/aromatic N) is 1. The van der Waals surface area contributed by atoms with Gasteiger partial charge >= 0.3 is 0 Å². The molecular formula is C17H15FN2O3. The molecule has 0 saturated carbocycles. The summed E-state index contributed by atoms with van der Waals surface area (Å²) in [6.45, 7) is 0.168. The SMILES string of the molecule is COc1ccc(CN2C(=O)CNC(=O)c3cc(F)ccc32)cc1. The Morgan fingerprint density at radius 1 is 1.17 bits per heavy atom. The van der Waals surface area contributed by atoms with Crippen LogP contribution in [-0.2, 0) is 11.3 Å². The monoisotopic (exact) mass is 314 g/mol. The van der Waals surface area contributed by atoms with Gasteiger partial charge in [-0.3, -0.25) is 9.59 Å². The van der Waals surface area contributed by atoms with Crippen molar-refractivity contribution in [1.82, 2.24) is 5.32 Å². The predicted molar refractivity (Wildman–Crippen MR) is 82.9 cm³/mol. The quantitative estimate of drug-likeness (QED) is 0.944. The Morgan fingerprint density at radius 2 is 1.91 bits per heavy atom. The van der Waals surface area contributed by atoms with E-state index in [0.29, 0.717) is 5.69 Å². The molecule has 5 nitrogen and oxygen atoms in total. The van der Waals surface area contributed by atoms with E-state index >= 15 is 0 Å². The van der Waals surface area contributed by atoms with Crippen LogP contribution < -0.4 is 15.0 Å². The molecule has 118 valence electrons. The van der Waals surface area contributed by atoms with Gasteiger partial charge in [0, 0.05) is 0 Å². The first kappa shape index (κ1) is 15.0. The number of benzene rings is 2. The maximum Gasteiger partial charge on any atom is 0.253 e. The highest BCUT2D eigenvalue weighted by molar-refractivity contribution is 6.09. The highest BCUT2D eigenvalue weighted by Crippen LogP contribution is 2.26. The van der Waals surface area contributed by atoms with E-state index in [4.69, 9.17) is 4.74 Å². The molecule has 1 N–H and O–H groups in total. The van der Waals surface area contributed by atoms with Gasteiger partial charge in [0.05, 0.1) is 31.5 Å². The maximum atomic E-state index is 13.4. The van der Waals surface area contributed by atoms with Crippen molar-refractivity contribution in [1.29, 1.82) is 0 Å². The molecule has 3 rings (SSSR count). The number of carbonyl (C=O) groups excluding carboxylic acids is 2. The van der Waals surface area contributed by atoms with E-state index in [1.807, 2.05) is 12.1 Å². The zero-order chi connectivity index (χ0) is 16.4. The Kier molecular flexibility index (Phi) is 3.97. The van der Waals surface area contributed by atoms with Gasteiger partial charge in [0.15, 0.2) is 0 Å². The highest BCUT2D eigenvalue weighted by atomic mass is 19.1. The summed E-state index contributed by atoms with van der Waals surface area (Å²) in [7, 11) is 1.58. The molecule has 2 amide bonds. The average molecular weight is 314 g/mol. The molecule has 1 aliphatic rings. The van der Waals surface area contributed by atoms with Crippen LogP contribution in [0.25, 0.3) is 0 Å². The summed E-state index contributed by atoms with van der Waals surface area (Å²) < 4.78 is 18.5. The van der Waals surface area contributed by atoms with Crippen LogP contribution in [0.3, 0.4) is 0 Å². The van der Waals surface area contributed by atoms with Gasteiger partial charge in [-0.1, -0.05) is 12.1 Å². The number of hydrogen-bond donors (Lipinski definition) is 1. The van der Waals surface area contributed by atoms with Gasteiger partial charge in [-0.25, -0.2) is 4.39 Å². The summed E-state index contributed by atoms with van der Waals surface area (Å²) in [5, 5.41) is 2.49. The van der Waals surface area contributed by atoms with Gasteiger partial charge in [0.2, 0.25) is 5.91 Å². The molecule has 0 atom stereocenters. The molecule has 1 aliphatic heterocycles. The lowest BCUT2D eigenvalue weighted by molar-refractivity contribution is -0.117. The number of rotatable bonds is 3. The van der Waals surface area contributed by atoms with Crippen molar-refractivity contribution >= 4 is 17.5 Å². The van der Waals surface area contributed by atoms with Crippen LogP contribution in [0.1, 0.15) is 15.9 Å². The normalized spacial score (nSPS) is 14.1. The molecule has 6 heteroatoms. The fraction of sp³-hybridized carbons (Fsp3) is 0.176. The minimum atomic E-state index is -0.516.